The first kappa shape index (κ1) is 11.9. The molecule has 0 fully saturated rings. The fraction of sp³-hybridized carbons (Fsp3) is 0.500. The summed E-state index contributed by atoms with van der Waals surface area (Å²) in [4.78, 5) is 23.5. The predicted molar refractivity (Wildman–Crippen MR) is 58.1 cm³/mol. The second-order valence-corrected chi connectivity index (χ2v) is 3.91. The largest absolute Gasteiger partial charge is 0.466 e. The Bertz CT molecular complexity index is 434. The van der Waals surface area contributed by atoms with Gasteiger partial charge in [-0.05, 0) is 12.5 Å². The fourth-order valence-corrected chi connectivity index (χ4v) is 2.31. The van der Waals surface area contributed by atoms with Crippen LogP contribution in [0.2, 0.25) is 0 Å². The standard InChI is InChI=1S/C12H14O5/c1-4-12-6-5-7(17-12)8(10(13)15-2)9(12)11(14)16-3/h5-7H,4H2,1-3H3/t7-,12+/m0/s1. The number of methoxy groups -OCH3 is 2. The minimum Gasteiger partial charge on any atom is -0.466 e. The summed E-state index contributed by atoms with van der Waals surface area (Å²) in [5, 5.41) is 0. The van der Waals surface area contributed by atoms with Crippen LogP contribution >= 0.6 is 0 Å². The van der Waals surface area contributed by atoms with E-state index in [-0.39, 0.29) is 11.1 Å². The van der Waals surface area contributed by atoms with Crippen molar-refractivity contribution in [3.63, 3.8) is 0 Å². The summed E-state index contributed by atoms with van der Waals surface area (Å²) in [5.74, 6) is -1.09. The Morgan fingerprint density at radius 2 is 2.00 bits per heavy atom. The van der Waals surface area contributed by atoms with Crippen LogP contribution in [-0.2, 0) is 23.8 Å². The van der Waals surface area contributed by atoms with E-state index in [9.17, 15) is 9.59 Å². The van der Waals surface area contributed by atoms with Gasteiger partial charge in [-0.3, -0.25) is 0 Å². The first-order valence-corrected chi connectivity index (χ1v) is 5.38. The number of esters is 2. The summed E-state index contributed by atoms with van der Waals surface area (Å²) in [5.41, 5.74) is -0.313. The molecular formula is C12H14O5. The molecule has 0 aromatic rings. The maximum atomic E-state index is 11.8. The fourth-order valence-electron chi connectivity index (χ4n) is 2.31. The average Bonchev–Trinajstić information content (AvgIpc) is 2.92. The molecule has 2 aliphatic heterocycles. The van der Waals surface area contributed by atoms with Gasteiger partial charge in [-0.2, -0.15) is 0 Å². The molecule has 2 rings (SSSR count). The Morgan fingerprint density at radius 3 is 2.53 bits per heavy atom. The van der Waals surface area contributed by atoms with E-state index in [1.165, 1.54) is 14.2 Å². The summed E-state index contributed by atoms with van der Waals surface area (Å²) in [6.45, 7) is 1.88. The molecule has 0 aromatic heterocycles. The van der Waals surface area contributed by atoms with E-state index in [1.54, 1.807) is 12.2 Å². The van der Waals surface area contributed by atoms with Gasteiger partial charge < -0.3 is 14.2 Å². The molecule has 0 saturated carbocycles. The van der Waals surface area contributed by atoms with Gasteiger partial charge in [-0.25, -0.2) is 9.59 Å². The summed E-state index contributed by atoms with van der Waals surface area (Å²) in [6, 6.07) is 0. The highest BCUT2D eigenvalue weighted by molar-refractivity contribution is 6.04. The van der Waals surface area contributed by atoms with E-state index in [4.69, 9.17) is 9.47 Å². The zero-order chi connectivity index (χ0) is 12.6. The van der Waals surface area contributed by atoms with Crippen LogP contribution < -0.4 is 0 Å². The lowest BCUT2D eigenvalue weighted by Gasteiger charge is -2.23. The molecule has 17 heavy (non-hydrogen) atoms. The molecule has 0 N–H and O–H groups in total. The molecule has 0 unspecified atom stereocenters. The lowest BCUT2D eigenvalue weighted by atomic mass is 9.85. The molecule has 2 bridgehead atoms. The van der Waals surface area contributed by atoms with Gasteiger partial charge in [0.1, 0.15) is 11.7 Å². The smallest absolute Gasteiger partial charge is 0.337 e. The molecule has 2 atom stereocenters. The topological polar surface area (TPSA) is 61.8 Å². The SMILES string of the molecule is CC[C@]12C=C[C@H](O1)C(C(=O)OC)=C2C(=O)OC. The van der Waals surface area contributed by atoms with Crippen molar-refractivity contribution in [1.82, 2.24) is 0 Å². The van der Waals surface area contributed by atoms with Gasteiger partial charge in [-0.1, -0.05) is 13.0 Å². The maximum absolute atomic E-state index is 11.8. The molecule has 5 nitrogen and oxygen atoms in total. The van der Waals surface area contributed by atoms with E-state index in [0.29, 0.717) is 6.42 Å². The van der Waals surface area contributed by atoms with Crippen molar-refractivity contribution in [3.05, 3.63) is 23.3 Å². The zero-order valence-corrected chi connectivity index (χ0v) is 9.98. The molecule has 0 aromatic carbocycles. The molecule has 92 valence electrons. The Labute approximate surface area is 99.0 Å². The lowest BCUT2D eigenvalue weighted by Crippen LogP contribution is -2.31. The van der Waals surface area contributed by atoms with Crippen molar-refractivity contribution in [2.75, 3.05) is 14.2 Å². The highest BCUT2D eigenvalue weighted by Gasteiger charge is 2.53. The number of ether oxygens (including phenoxy) is 3. The third kappa shape index (κ3) is 1.50. The monoisotopic (exact) mass is 238 g/mol. The summed E-state index contributed by atoms with van der Waals surface area (Å²) >= 11 is 0. The van der Waals surface area contributed by atoms with Gasteiger partial charge in [0.2, 0.25) is 0 Å². The predicted octanol–water partition coefficient (Wildman–Crippen LogP) is 0.746. The van der Waals surface area contributed by atoms with Crippen molar-refractivity contribution in [2.24, 2.45) is 0 Å². The molecule has 0 aliphatic carbocycles. The first-order chi connectivity index (χ1) is 8.09. The normalized spacial score (nSPS) is 29.7. The Morgan fingerprint density at radius 1 is 1.35 bits per heavy atom. The van der Waals surface area contributed by atoms with Crippen LogP contribution in [0.15, 0.2) is 23.3 Å². The van der Waals surface area contributed by atoms with Crippen LogP contribution in [0.4, 0.5) is 0 Å². The number of carbonyl (C=O) groups is 2. The molecule has 0 radical (unpaired) electrons. The van der Waals surface area contributed by atoms with Crippen LogP contribution in [0.5, 0.6) is 0 Å². The van der Waals surface area contributed by atoms with E-state index in [2.05, 4.69) is 4.74 Å². The minimum absolute atomic E-state index is 0.253. The number of hydrogen-bond donors (Lipinski definition) is 0. The number of carbonyl (C=O) groups excluding carboxylic acids is 2. The average molecular weight is 238 g/mol. The van der Waals surface area contributed by atoms with Gasteiger partial charge in [-0.15, -0.1) is 0 Å². The lowest BCUT2D eigenvalue weighted by molar-refractivity contribution is -0.139. The van der Waals surface area contributed by atoms with E-state index >= 15 is 0 Å². The van der Waals surface area contributed by atoms with Crippen LogP contribution in [-0.4, -0.2) is 37.9 Å². The summed E-state index contributed by atoms with van der Waals surface area (Å²) in [6.07, 6.45) is 3.63. The zero-order valence-electron chi connectivity index (χ0n) is 9.98. The first-order valence-electron chi connectivity index (χ1n) is 5.38. The van der Waals surface area contributed by atoms with Crippen molar-refractivity contribution >= 4 is 11.9 Å². The highest BCUT2D eigenvalue weighted by atomic mass is 16.6. The van der Waals surface area contributed by atoms with Crippen LogP contribution in [0, 0.1) is 0 Å². The van der Waals surface area contributed by atoms with Crippen LogP contribution in [0.25, 0.3) is 0 Å². The minimum atomic E-state index is -0.832. The second-order valence-electron chi connectivity index (χ2n) is 3.91. The molecule has 0 saturated heterocycles. The molecule has 2 heterocycles. The molecule has 0 spiro atoms. The number of rotatable bonds is 3. The third-order valence-electron chi connectivity index (χ3n) is 3.17. The Kier molecular flexibility index (Phi) is 2.79. The number of hydrogen-bond acceptors (Lipinski definition) is 5. The van der Waals surface area contributed by atoms with Gasteiger partial charge in [0.15, 0.2) is 0 Å². The van der Waals surface area contributed by atoms with E-state index in [1.807, 2.05) is 6.92 Å². The Hall–Kier alpha value is -1.62. The summed E-state index contributed by atoms with van der Waals surface area (Å²) in [7, 11) is 2.56. The quantitative estimate of drug-likeness (QED) is 0.536. The highest BCUT2D eigenvalue weighted by Crippen LogP contribution is 2.45. The van der Waals surface area contributed by atoms with Gasteiger partial charge in [0.25, 0.3) is 0 Å². The van der Waals surface area contributed by atoms with Gasteiger partial charge in [0.05, 0.1) is 25.4 Å². The van der Waals surface area contributed by atoms with Gasteiger partial charge >= 0.3 is 11.9 Å². The van der Waals surface area contributed by atoms with Crippen molar-refractivity contribution in [2.45, 2.75) is 25.0 Å². The second kappa shape index (κ2) is 4.00. The molecule has 2 aliphatic rings. The van der Waals surface area contributed by atoms with Crippen molar-refractivity contribution in [3.8, 4) is 0 Å². The van der Waals surface area contributed by atoms with Crippen LogP contribution in [0.3, 0.4) is 0 Å². The molecule has 0 amide bonds. The van der Waals surface area contributed by atoms with Gasteiger partial charge in [0, 0.05) is 0 Å². The number of fused-ring (bicyclic) bond motifs is 2. The van der Waals surface area contributed by atoms with Crippen molar-refractivity contribution < 1.29 is 23.8 Å². The van der Waals surface area contributed by atoms with E-state index in [0.717, 1.165) is 0 Å². The summed E-state index contributed by atoms with van der Waals surface area (Å²) < 4.78 is 15.1. The third-order valence-corrected chi connectivity index (χ3v) is 3.17. The molecular weight excluding hydrogens is 224 g/mol. The molecule has 5 heteroatoms. The Balaban J connectivity index is 2.53. The van der Waals surface area contributed by atoms with E-state index < -0.39 is 23.6 Å². The van der Waals surface area contributed by atoms with Crippen molar-refractivity contribution in [1.29, 1.82) is 0 Å². The maximum Gasteiger partial charge on any atom is 0.337 e. The van der Waals surface area contributed by atoms with Crippen LogP contribution in [0.1, 0.15) is 13.3 Å².